The third kappa shape index (κ3) is 3.48. The maximum absolute atomic E-state index is 12.7. The summed E-state index contributed by atoms with van der Waals surface area (Å²) in [6.07, 6.45) is 1.85. The van der Waals surface area contributed by atoms with Crippen molar-refractivity contribution >= 4 is 17.5 Å². The van der Waals surface area contributed by atoms with Crippen LogP contribution in [0.25, 0.3) is 11.4 Å². The molecule has 3 aromatic rings. The summed E-state index contributed by atoms with van der Waals surface area (Å²) < 4.78 is 5.49. The van der Waals surface area contributed by atoms with Crippen molar-refractivity contribution in [3.05, 3.63) is 71.1 Å². The molecule has 1 aliphatic rings. The average Bonchev–Trinajstić information content (AvgIpc) is 3.19. The topological polar surface area (TPSA) is 59.2 Å². The molecule has 2 heterocycles. The van der Waals surface area contributed by atoms with Crippen LogP contribution in [0.15, 0.2) is 59.1 Å². The molecule has 1 atom stereocenters. The molecule has 132 valence electrons. The number of hydrogen-bond acceptors (Lipinski definition) is 4. The van der Waals surface area contributed by atoms with E-state index in [9.17, 15) is 4.79 Å². The van der Waals surface area contributed by atoms with Crippen molar-refractivity contribution in [2.75, 3.05) is 13.1 Å². The van der Waals surface area contributed by atoms with Gasteiger partial charge in [-0.2, -0.15) is 4.98 Å². The molecule has 1 saturated heterocycles. The highest BCUT2D eigenvalue weighted by Crippen LogP contribution is 2.28. The van der Waals surface area contributed by atoms with Gasteiger partial charge in [0.05, 0.1) is 5.92 Å². The average molecular weight is 368 g/mol. The summed E-state index contributed by atoms with van der Waals surface area (Å²) in [5, 5.41) is 4.75. The van der Waals surface area contributed by atoms with E-state index < -0.39 is 0 Å². The zero-order valence-electron chi connectivity index (χ0n) is 14.1. The van der Waals surface area contributed by atoms with Gasteiger partial charge in [0, 0.05) is 29.2 Å². The second-order valence-electron chi connectivity index (χ2n) is 6.42. The lowest BCUT2D eigenvalue weighted by Gasteiger charge is -2.31. The summed E-state index contributed by atoms with van der Waals surface area (Å²) in [6.45, 7) is 1.35. The van der Waals surface area contributed by atoms with Crippen molar-refractivity contribution in [2.24, 2.45) is 0 Å². The highest BCUT2D eigenvalue weighted by Gasteiger charge is 2.29. The molecule has 5 nitrogen and oxygen atoms in total. The Labute approximate surface area is 156 Å². The number of benzene rings is 2. The molecular formula is C20H18ClN3O2. The molecule has 1 fully saturated rings. The third-order valence-electron chi connectivity index (χ3n) is 4.62. The van der Waals surface area contributed by atoms with Gasteiger partial charge in [-0.25, -0.2) is 0 Å². The van der Waals surface area contributed by atoms with Crippen LogP contribution >= 0.6 is 11.6 Å². The van der Waals surface area contributed by atoms with Gasteiger partial charge in [-0.15, -0.1) is 0 Å². The minimum atomic E-state index is 0.0488. The van der Waals surface area contributed by atoms with Gasteiger partial charge in [0.1, 0.15) is 0 Å². The van der Waals surface area contributed by atoms with E-state index in [1.54, 1.807) is 12.1 Å². The highest BCUT2D eigenvalue weighted by molar-refractivity contribution is 6.30. The Morgan fingerprint density at radius 3 is 2.65 bits per heavy atom. The number of aromatic nitrogens is 2. The fourth-order valence-electron chi connectivity index (χ4n) is 3.24. The summed E-state index contributed by atoms with van der Waals surface area (Å²) in [5.41, 5.74) is 1.57. The number of carbonyl (C=O) groups is 1. The van der Waals surface area contributed by atoms with Gasteiger partial charge in [0.2, 0.25) is 11.7 Å². The summed E-state index contributed by atoms with van der Waals surface area (Å²) in [7, 11) is 0. The molecule has 0 saturated carbocycles. The van der Waals surface area contributed by atoms with Crippen LogP contribution in [0.5, 0.6) is 0 Å². The number of likely N-dealkylation sites (tertiary alicyclic amines) is 1. The third-order valence-corrected chi connectivity index (χ3v) is 4.87. The normalized spacial score (nSPS) is 17.3. The van der Waals surface area contributed by atoms with Crippen molar-refractivity contribution in [3.63, 3.8) is 0 Å². The van der Waals surface area contributed by atoms with Crippen LogP contribution in [0.2, 0.25) is 5.02 Å². The molecular weight excluding hydrogens is 350 g/mol. The van der Waals surface area contributed by atoms with Gasteiger partial charge in [-0.1, -0.05) is 35.0 Å². The van der Waals surface area contributed by atoms with Crippen molar-refractivity contribution < 1.29 is 9.32 Å². The molecule has 1 unspecified atom stereocenters. The molecule has 0 radical (unpaired) electrons. The SMILES string of the molecule is O=C(c1ccccc1)N1CCCC(c2nc(-c3ccc(Cl)cc3)no2)C1. The van der Waals surface area contributed by atoms with Gasteiger partial charge in [0.15, 0.2) is 0 Å². The van der Waals surface area contributed by atoms with Crippen molar-refractivity contribution in [2.45, 2.75) is 18.8 Å². The zero-order chi connectivity index (χ0) is 17.9. The van der Waals surface area contributed by atoms with Crippen LogP contribution < -0.4 is 0 Å². The van der Waals surface area contributed by atoms with E-state index >= 15 is 0 Å². The Morgan fingerprint density at radius 1 is 1.12 bits per heavy atom. The first-order valence-corrected chi connectivity index (χ1v) is 9.02. The number of carbonyl (C=O) groups excluding carboxylic acids is 1. The van der Waals surface area contributed by atoms with E-state index in [0.29, 0.717) is 28.8 Å². The lowest BCUT2D eigenvalue weighted by atomic mass is 9.97. The van der Waals surface area contributed by atoms with Crippen molar-refractivity contribution in [1.82, 2.24) is 15.0 Å². The van der Waals surface area contributed by atoms with E-state index in [1.165, 1.54) is 0 Å². The van der Waals surface area contributed by atoms with Crippen LogP contribution in [-0.4, -0.2) is 34.0 Å². The van der Waals surface area contributed by atoms with Gasteiger partial charge in [-0.05, 0) is 49.2 Å². The van der Waals surface area contributed by atoms with Gasteiger partial charge in [0.25, 0.3) is 5.91 Å². The first kappa shape index (κ1) is 16.8. The molecule has 2 aromatic carbocycles. The molecule has 6 heteroatoms. The van der Waals surface area contributed by atoms with Gasteiger partial charge < -0.3 is 9.42 Å². The molecule has 4 rings (SSSR count). The molecule has 0 aliphatic carbocycles. The van der Waals surface area contributed by atoms with Crippen molar-refractivity contribution in [3.8, 4) is 11.4 Å². The van der Waals surface area contributed by atoms with E-state index in [-0.39, 0.29) is 11.8 Å². The number of halogens is 1. The lowest BCUT2D eigenvalue weighted by molar-refractivity contribution is 0.0695. The summed E-state index contributed by atoms with van der Waals surface area (Å²) in [4.78, 5) is 19.1. The summed E-state index contributed by atoms with van der Waals surface area (Å²) in [6, 6.07) is 16.7. The molecule has 0 spiro atoms. The maximum atomic E-state index is 12.7. The number of rotatable bonds is 3. The Bertz CT molecular complexity index is 893. The maximum Gasteiger partial charge on any atom is 0.253 e. The molecule has 1 aliphatic heterocycles. The summed E-state index contributed by atoms with van der Waals surface area (Å²) in [5.74, 6) is 1.24. The fourth-order valence-corrected chi connectivity index (χ4v) is 3.37. The lowest BCUT2D eigenvalue weighted by Crippen LogP contribution is -2.39. The van der Waals surface area contributed by atoms with Gasteiger partial charge in [-0.3, -0.25) is 4.79 Å². The predicted molar refractivity (Wildman–Crippen MR) is 99.1 cm³/mol. The fraction of sp³-hybridized carbons (Fsp3) is 0.250. The Balaban J connectivity index is 1.50. The van der Waals surface area contributed by atoms with E-state index in [0.717, 1.165) is 24.9 Å². The smallest absolute Gasteiger partial charge is 0.253 e. The first-order chi connectivity index (χ1) is 12.7. The van der Waals surface area contributed by atoms with Crippen LogP contribution in [0.3, 0.4) is 0 Å². The van der Waals surface area contributed by atoms with Crippen LogP contribution in [0, 0.1) is 0 Å². The monoisotopic (exact) mass is 367 g/mol. The molecule has 0 bridgehead atoms. The largest absolute Gasteiger partial charge is 0.339 e. The Kier molecular flexibility index (Phi) is 4.71. The molecule has 1 amide bonds. The number of amides is 1. The second-order valence-corrected chi connectivity index (χ2v) is 6.86. The van der Waals surface area contributed by atoms with E-state index in [2.05, 4.69) is 10.1 Å². The first-order valence-electron chi connectivity index (χ1n) is 8.64. The molecule has 0 N–H and O–H groups in total. The van der Waals surface area contributed by atoms with Crippen molar-refractivity contribution in [1.29, 1.82) is 0 Å². The summed E-state index contributed by atoms with van der Waals surface area (Å²) >= 11 is 5.92. The number of nitrogens with zero attached hydrogens (tertiary/aromatic N) is 3. The quantitative estimate of drug-likeness (QED) is 0.688. The highest BCUT2D eigenvalue weighted by atomic mass is 35.5. The predicted octanol–water partition coefficient (Wildman–Crippen LogP) is 4.41. The Hall–Kier alpha value is -2.66. The standard InChI is InChI=1S/C20H18ClN3O2/c21-17-10-8-14(9-11-17)18-22-19(26-23-18)16-7-4-12-24(13-16)20(25)15-5-2-1-3-6-15/h1-3,5-6,8-11,16H,4,7,12-13H2. The second kappa shape index (κ2) is 7.30. The molecule has 26 heavy (non-hydrogen) atoms. The Morgan fingerprint density at radius 2 is 1.88 bits per heavy atom. The molecule has 1 aromatic heterocycles. The van der Waals surface area contributed by atoms with Crippen LogP contribution in [0.1, 0.15) is 35.0 Å². The van der Waals surface area contributed by atoms with Crippen LogP contribution in [0.4, 0.5) is 0 Å². The number of piperidine rings is 1. The van der Waals surface area contributed by atoms with Crippen LogP contribution in [-0.2, 0) is 0 Å². The minimum Gasteiger partial charge on any atom is -0.339 e. The minimum absolute atomic E-state index is 0.0488. The van der Waals surface area contributed by atoms with E-state index in [4.69, 9.17) is 16.1 Å². The number of hydrogen-bond donors (Lipinski definition) is 0. The van der Waals surface area contributed by atoms with E-state index in [1.807, 2.05) is 47.4 Å². The van der Waals surface area contributed by atoms with Gasteiger partial charge >= 0.3 is 0 Å². The zero-order valence-corrected chi connectivity index (χ0v) is 14.9.